The van der Waals surface area contributed by atoms with Crippen LogP contribution in [0.5, 0.6) is 0 Å². The third-order valence-corrected chi connectivity index (χ3v) is 6.98. The van der Waals surface area contributed by atoms with Gasteiger partial charge in [0.05, 0.1) is 12.7 Å². The lowest BCUT2D eigenvalue weighted by Crippen LogP contribution is -2.51. The first-order chi connectivity index (χ1) is 14.5. The second kappa shape index (κ2) is 9.45. The summed E-state index contributed by atoms with van der Waals surface area (Å²) < 4.78 is 5.76. The van der Waals surface area contributed by atoms with Crippen LogP contribution in [0.15, 0.2) is 0 Å². The molecule has 8 heteroatoms. The van der Waals surface area contributed by atoms with Crippen LogP contribution >= 0.6 is 0 Å². The summed E-state index contributed by atoms with van der Waals surface area (Å²) in [6.07, 6.45) is 3.01. The minimum absolute atomic E-state index is 0.0708. The van der Waals surface area contributed by atoms with Crippen molar-refractivity contribution >= 4 is 17.8 Å². The first-order valence-corrected chi connectivity index (χ1v) is 11.7. The van der Waals surface area contributed by atoms with Gasteiger partial charge in [-0.3, -0.25) is 19.4 Å². The van der Waals surface area contributed by atoms with Crippen molar-refractivity contribution in [1.29, 1.82) is 0 Å². The predicted molar refractivity (Wildman–Crippen MR) is 118 cm³/mol. The van der Waals surface area contributed by atoms with E-state index in [1.807, 2.05) is 0 Å². The molecule has 1 unspecified atom stereocenters. The fourth-order valence-corrected chi connectivity index (χ4v) is 5.15. The largest absolute Gasteiger partial charge is 0.374 e. The SMILES string of the molecule is CC(C)CN1CCOC(CNC(=O)CN2C(=O)NC3(CCC(C(C)(C)C)CC3)C2=O)C1. The molecule has 3 rings (SSSR count). The Morgan fingerprint density at radius 2 is 1.94 bits per heavy atom. The molecular formula is C23H40N4O4. The quantitative estimate of drug-likeness (QED) is 0.622. The number of imide groups is 1. The van der Waals surface area contributed by atoms with Gasteiger partial charge in [0.25, 0.3) is 5.91 Å². The number of nitrogens with zero attached hydrogens (tertiary/aromatic N) is 2. The molecule has 31 heavy (non-hydrogen) atoms. The Balaban J connectivity index is 1.48. The number of nitrogens with one attached hydrogen (secondary N) is 2. The van der Waals surface area contributed by atoms with Gasteiger partial charge in [-0.25, -0.2) is 4.79 Å². The number of hydrogen-bond acceptors (Lipinski definition) is 5. The molecule has 1 atom stereocenters. The maximum absolute atomic E-state index is 13.1. The van der Waals surface area contributed by atoms with E-state index in [4.69, 9.17) is 4.74 Å². The number of hydrogen-bond donors (Lipinski definition) is 2. The lowest BCUT2D eigenvalue weighted by molar-refractivity contribution is -0.136. The molecule has 2 N–H and O–H groups in total. The molecule has 1 saturated carbocycles. The Labute approximate surface area is 186 Å². The van der Waals surface area contributed by atoms with Gasteiger partial charge in [0.2, 0.25) is 5.91 Å². The van der Waals surface area contributed by atoms with Crippen molar-refractivity contribution in [2.45, 2.75) is 71.9 Å². The van der Waals surface area contributed by atoms with E-state index in [0.717, 1.165) is 37.4 Å². The van der Waals surface area contributed by atoms with E-state index >= 15 is 0 Å². The highest BCUT2D eigenvalue weighted by atomic mass is 16.5. The molecular weight excluding hydrogens is 396 g/mol. The zero-order valence-corrected chi connectivity index (χ0v) is 19.8. The molecule has 2 saturated heterocycles. The number of urea groups is 1. The summed E-state index contributed by atoms with van der Waals surface area (Å²) in [7, 11) is 0. The molecule has 0 aromatic heterocycles. The minimum atomic E-state index is -0.830. The normalized spacial score (nSPS) is 30.2. The summed E-state index contributed by atoms with van der Waals surface area (Å²) in [5, 5.41) is 5.75. The Morgan fingerprint density at radius 3 is 2.55 bits per heavy atom. The standard InChI is InChI=1S/C23H40N4O4/c1-16(2)13-26-10-11-31-18(14-26)12-24-19(28)15-27-20(29)23(25-21(27)30)8-6-17(7-9-23)22(3,4)5/h16-18H,6-15H2,1-5H3,(H,24,28)(H,25,30). The molecule has 0 radical (unpaired) electrons. The van der Waals surface area contributed by atoms with Crippen LogP contribution in [0.25, 0.3) is 0 Å². The number of carbonyl (C=O) groups is 3. The average Bonchev–Trinajstić information content (AvgIpc) is 2.90. The van der Waals surface area contributed by atoms with E-state index in [1.54, 1.807) is 0 Å². The number of carbonyl (C=O) groups excluding carboxylic acids is 3. The summed E-state index contributed by atoms with van der Waals surface area (Å²) >= 11 is 0. The van der Waals surface area contributed by atoms with Crippen LogP contribution < -0.4 is 10.6 Å². The van der Waals surface area contributed by atoms with E-state index in [-0.39, 0.29) is 29.9 Å². The minimum Gasteiger partial charge on any atom is -0.374 e. The van der Waals surface area contributed by atoms with E-state index < -0.39 is 11.6 Å². The van der Waals surface area contributed by atoms with Crippen molar-refractivity contribution in [2.24, 2.45) is 17.3 Å². The zero-order valence-electron chi connectivity index (χ0n) is 19.8. The molecule has 2 heterocycles. The molecule has 176 valence electrons. The molecule has 3 fully saturated rings. The Kier molecular flexibility index (Phi) is 7.31. The van der Waals surface area contributed by atoms with Gasteiger partial charge in [-0.15, -0.1) is 0 Å². The van der Waals surface area contributed by atoms with Crippen LogP contribution in [0.1, 0.15) is 60.3 Å². The summed E-state index contributed by atoms with van der Waals surface area (Å²) in [4.78, 5) is 41.5. The first kappa shape index (κ1) is 24.0. The van der Waals surface area contributed by atoms with Gasteiger partial charge in [-0.2, -0.15) is 0 Å². The number of morpholine rings is 1. The average molecular weight is 437 g/mol. The maximum atomic E-state index is 13.1. The number of amides is 4. The van der Waals surface area contributed by atoms with Gasteiger partial charge in [0.1, 0.15) is 12.1 Å². The highest BCUT2D eigenvalue weighted by molar-refractivity contribution is 6.09. The van der Waals surface area contributed by atoms with E-state index in [1.165, 1.54) is 0 Å². The van der Waals surface area contributed by atoms with Gasteiger partial charge in [0, 0.05) is 26.2 Å². The van der Waals surface area contributed by atoms with Crippen molar-refractivity contribution < 1.29 is 19.1 Å². The van der Waals surface area contributed by atoms with Gasteiger partial charge in [-0.1, -0.05) is 34.6 Å². The predicted octanol–water partition coefficient (Wildman–Crippen LogP) is 1.99. The number of rotatable bonds is 6. The molecule has 0 aromatic carbocycles. The fraction of sp³-hybridized carbons (Fsp3) is 0.870. The lowest BCUT2D eigenvalue weighted by atomic mass is 9.67. The molecule has 0 aromatic rings. The van der Waals surface area contributed by atoms with E-state index in [0.29, 0.717) is 37.8 Å². The maximum Gasteiger partial charge on any atom is 0.325 e. The Bertz CT molecular complexity index is 680. The topological polar surface area (TPSA) is 91.0 Å². The summed E-state index contributed by atoms with van der Waals surface area (Å²) in [5.41, 5.74) is -0.637. The Hall–Kier alpha value is -1.67. The Morgan fingerprint density at radius 1 is 1.26 bits per heavy atom. The zero-order chi connectivity index (χ0) is 22.8. The van der Waals surface area contributed by atoms with Gasteiger partial charge in [0.15, 0.2) is 0 Å². The van der Waals surface area contributed by atoms with Crippen LogP contribution in [-0.2, 0) is 14.3 Å². The van der Waals surface area contributed by atoms with Crippen LogP contribution in [0.3, 0.4) is 0 Å². The summed E-state index contributed by atoms with van der Waals surface area (Å²) in [5.74, 6) is 0.537. The van der Waals surface area contributed by atoms with Crippen molar-refractivity contribution in [2.75, 3.05) is 39.3 Å². The van der Waals surface area contributed by atoms with Crippen molar-refractivity contribution in [3.05, 3.63) is 0 Å². The molecule has 3 aliphatic rings. The van der Waals surface area contributed by atoms with E-state index in [2.05, 4.69) is 50.2 Å². The smallest absolute Gasteiger partial charge is 0.325 e. The molecule has 8 nitrogen and oxygen atoms in total. The monoisotopic (exact) mass is 436 g/mol. The molecule has 1 spiro atoms. The van der Waals surface area contributed by atoms with E-state index in [9.17, 15) is 14.4 Å². The molecule has 0 bridgehead atoms. The molecule has 4 amide bonds. The third kappa shape index (κ3) is 5.77. The van der Waals surface area contributed by atoms with Crippen LogP contribution in [-0.4, -0.2) is 78.6 Å². The van der Waals surface area contributed by atoms with Gasteiger partial charge < -0.3 is 15.4 Å². The molecule has 1 aliphatic carbocycles. The fourth-order valence-electron chi connectivity index (χ4n) is 5.15. The summed E-state index contributed by atoms with van der Waals surface area (Å²) in [6.45, 7) is 14.5. The number of ether oxygens (including phenoxy) is 1. The van der Waals surface area contributed by atoms with Crippen molar-refractivity contribution in [3.63, 3.8) is 0 Å². The van der Waals surface area contributed by atoms with Crippen LogP contribution in [0.2, 0.25) is 0 Å². The summed E-state index contributed by atoms with van der Waals surface area (Å²) in [6, 6.07) is -0.452. The first-order valence-electron chi connectivity index (χ1n) is 11.7. The van der Waals surface area contributed by atoms with Crippen molar-refractivity contribution in [1.82, 2.24) is 20.4 Å². The highest BCUT2D eigenvalue weighted by Gasteiger charge is 2.53. The molecule has 2 aliphatic heterocycles. The lowest BCUT2D eigenvalue weighted by Gasteiger charge is -2.40. The van der Waals surface area contributed by atoms with Gasteiger partial charge in [-0.05, 0) is 42.9 Å². The van der Waals surface area contributed by atoms with Crippen LogP contribution in [0.4, 0.5) is 4.79 Å². The third-order valence-electron chi connectivity index (χ3n) is 6.98. The van der Waals surface area contributed by atoms with Gasteiger partial charge >= 0.3 is 6.03 Å². The second-order valence-electron chi connectivity index (χ2n) is 11.0. The highest BCUT2D eigenvalue weighted by Crippen LogP contribution is 2.43. The van der Waals surface area contributed by atoms with Crippen LogP contribution in [0, 0.1) is 17.3 Å². The van der Waals surface area contributed by atoms with Crippen molar-refractivity contribution in [3.8, 4) is 0 Å². The second-order valence-corrected chi connectivity index (χ2v) is 11.0.